The molecule has 3 aromatic rings. The van der Waals surface area contributed by atoms with Gasteiger partial charge >= 0.3 is 11.9 Å². The van der Waals surface area contributed by atoms with E-state index in [0.717, 1.165) is 33.8 Å². The van der Waals surface area contributed by atoms with Crippen LogP contribution in [-0.2, 0) is 19.3 Å². The van der Waals surface area contributed by atoms with Crippen LogP contribution in [0.2, 0.25) is 0 Å². The van der Waals surface area contributed by atoms with E-state index in [1.54, 1.807) is 0 Å². The quantitative estimate of drug-likeness (QED) is 0.163. The maximum absolute atomic E-state index is 9.55. The van der Waals surface area contributed by atoms with Crippen molar-refractivity contribution in [3.63, 3.8) is 0 Å². The zero-order valence-electron chi connectivity index (χ0n) is 18.9. The fourth-order valence-corrected chi connectivity index (χ4v) is 2.70. The third-order valence-corrected chi connectivity index (χ3v) is 4.28. The van der Waals surface area contributed by atoms with E-state index in [4.69, 9.17) is 26.1 Å². The Morgan fingerprint density at radius 3 is 1.34 bits per heavy atom. The number of hydrogen-bond acceptors (Lipinski definition) is 7. The normalized spacial score (nSPS) is 11.5. The molecular weight excluding hydrogens is 456 g/mol. The monoisotopic (exact) mass is 480 g/mol. The van der Waals surface area contributed by atoms with Crippen LogP contribution in [0.1, 0.15) is 11.1 Å². The topological polar surface area (TPSA) is 183 Å². The molecule has 0 aliphatic heterocycles. The molecule has 0 aliphatic rings. The number of aliphatic carboxylic acids is 2. The molecule has 0 bridgehead atoms. The van der Waals surface area contributed by atoms with Gasteiger partial charge in [-0.3, -0.25) is 0 Å². The van der Waals surface area contributed by atoms with E-state index < -0.39 is 11.9 Å². The first-order chi connectivity index (χ1) is 16.7. The maximum atomic E-state index is 9.55. The van der Waals surface area contributed by atoms with Crippen molar-refractivity contribution in [1.82, 2.24) is 0 Å². The van der Waals surface area contributed by atoms with E-state index in [0.29, 0.717) is 23.8 Å². The number of nitrogens with two attached hydrogens (primary N) is 2. The predicted molar refractivity (Wildman–Crippen MR) is 129 cm³/mol. The Morgan fingerprint density at radius 2 is 1.06 bits per heavy atom. The van der Waals surface area contributed by atoms with Crippen LogP contribution in [0.4, 0.5) is 0 Å². The minimum absolute atomic E-state index is 0.320. The first-order valence-electron chi connectivity index (χ1n) is 9.93. The van der Waals surface area contributed by atoms with E-state index in [2.05, 4.69) is 20.0 Å². The van der Waals surface area contributed by atoms with Gasteiger partial charge in [-0.05, 0) is 12.1 Å². The minimum atomic E-state index is -1.26. The van der Waals surface area contributed by atoms with Gasteiger partial charge in [-0.15, -0.1) is 0 Å². The molecule has 0 fully saturated rings. The molecular formula is C24H24N4O7. The van der Waals surface area contributed by atoms with Crippen LogP contribution in [0.15, 0.2) is 87.5 Å². The summed E-state index contributed by atoms with van der Waals surface area (Å²) in [5.41, 5.74) is 15.0. The average molecular weight is 480 g/mol. The highest BCUT2D eigenvalue weighted by atomic mass is 16.6. The second kappa shape index (κ2) is 12.8. The molecule has 2 aromatic carbocycles. The highest BCUT2D eigenvalue weighted by Gasteiger charge is 2.09. The molecule has 11 heteroatoms. The van der Waals surface area contributed by atoms with E-state index in [1.165, 1.54) is 14.2 Å². The Bertz CT molecular complexity index is 1130. The Morgan fingerprint density at radius 1 is 0.714 bits per heavy atom. The molecule has 0 saturated heterocycles. The van der Waals surface area contributed by atoms with E-state index in [1.807, 2.05) is 60.7 Å². The Labute approximate surface area is 200 Å². The van der Waals surface area contributed by atoms with Gasteiger partial charge in [0.2, 0.25) is 0 Å². The Kier molecular flexibility index (Phi) is 9.61. The molecule has 3 rings (SSSR count). The first kappa shape index (κ1) is 26.2. The molecule has 11 nitrogen and oxygen atoms in total. The number of carboxylic acids is 2. The average Bonchev–Trinajstić information content (AvgIpc) is 3.34. The van der Waals surface area contributed by atoms with Crippen molar-refractivity contribution >= 4 is 23.6 Å². The number of rotatable bonds is 8. The van der Waals surface area contributed by atoms with Gasteiger partial charge in [0.25, 0.3) is 0 Å². The third kappa shape index (κ3) is 8.09. The molecule has 0 atom stereocenters. The van der Waals surface area contributed by atoms with Crippen LogP contribution >= 0.6 is 0 Å². The third-order valence-electron chi connectivity index (χ3n) is 4.28. The molecule has 0 spiro atoms. The highest BCUT2D eigenvalue weighted by Crippen LogP contribution is 2.28. The second-order valence-corrected chi connectivity index (χ2v) is 6.65. The SMILES string of the molecule is CON=C(N)c1ccc(-c2ccc(-c3ccc(C(N)=NOC)cc3)o2)cc1.O=C(O)C=CC(=O)O. The second-order valence-electron chi connectivity index (χ2n) is 6.65. The number of nitrogens with zero attached hydrogens (tertiary/aromatic N) is 2. The zero-order valence-corrected chi connectivity index (χ0v) is 18.9. The number of carboxylic acid groups (broad SMARTS) is 2. The summed E-state index contributed by atoms with van der Waals surface area (Å²) in [7, 11) is 2.91. The summed E-state index contributed by atoms with van der Waals surface area (Å²) in [5, 5.41) is 23.1. The lowest BCUT2D eigenvalue weighted by atomic mass is 10.1. The Balaban J connectivity index is 0.000000466. The van der Waals surface area contributed by atoms with Crippen LogP contribution in [0.3, 0.4) is 0 Å². The number of amidine groups is 2. The van der Waals surface area contributed by atoms with E-state index in [9.17, 15) is 9.59 Å². The number of hydrogen-bond donors (Lipinski definition) is 4. The summed E-state index contributed by atoms with van der Waals surface area (Å²) < 4.78 is 5.98. The van der Waals surface area contributed by atoms with Crippen LogP contribution in [-0.4, -0.2) is 48.0 Å². The van der Waals surface area contributed by atoms with Crippen molar-refractivity contribution < 1.29 is 33.9 Å². The van der Waals surface area contributed by atoms with Gasteiger partial charge in [-0.25, -0.2) is 9.59 Å². The first-order valence-corrected chi connectivity index (χ1v) is 9.93. The molecule has 0 radical (unpaired) electrons. The molecule has 0 aliphatic carbocycles. The van der Waals surface area contributed by atoms with Crippen molar-refractivity contribution in [2.24, 2.45) is 21.8 Å². The van der Waals surface area contributed by atoms with Gasteiger partial charge in [0, 0.05) is 34.4 Å². The van der Waals surface area contributed by atoms with Crippen LogP contribution in [0.25, 0.3) is 22.6 Å². The maximum Gasteiger partial charge on any atom is 0.328 e. The van der Waals surface area contributed by atoms with E-state index in [-0.39, 0.29) is 0 Å². The number of carbonyl (C=O) groups is 2. The lowest BCUT2D eigenvalue weighted by Crippen LogP contribution is -2.13. The number of oxime groups is 2. The molecule has 1 heterocycles. The van der Waals surface area contributed by atoms with Gasteiger partial charge in [-0.1, -0.05) is 58.8 Å². The molecule has 0 unspecified atom stereocenters. The van der Waals surface area contributed by atoms with Gasteiger partial charge < -0.3 is 35.8 Å². The fourth-order valence-electron chi connectivity index (χ4n) is 2.70. The summed E-state index contributed by atoms with van der Waals surface area (Å²) in [4.78, 5) is 28.5. The van der Waals surface area contributed by atoms with Crippen LogP contribution < -0.4 is 11.5 Å². The van der Waals surface area contributed by atoms with Crippen molar-refractivity contribution in [3.8, 4) is 22.6 Å². The Hall–Kier alpha value is -5.06. The highest BCUT2D eigenvalue weighted by molar-refractivity contribution is 5.98. The van der Waals surface area contributed by atoms with Crippen LogP contribution in [0, 0.1) is 0 Å². The van der Waals surface area contributed by atoms with Crippen LogP contribution in [0.5, 0.6) is 0 Å². The predicted octanol–water partition coefficient (Wildman–Crippen LogP) is 2.86. The molecule has 35 heavy (non-hydrogen) atoms. The molecule has 1 aromatic heterocycles. The van der Waals surface area contributed by atoms with Gasteiger partial charge in [0.05, 0.1) is 0 Å². The van der Waals surface area contributed by atoms with Gasteiger partial charge in [0.1, 0.15) is 25.7 Å². The number of furan rings is 1. The molecule has 182 valence electrons. The summed E-state index contributed by atoms with van der Waals surface area (Å²) in [6.07, 6.45) is 1.12. The largest absolute Gasteiger partial charge is 0.478 e. The van der Waals surface area contributed by atoms with Gasteiger partial charge in [-0.2, -0.15) is 0 Å². The summed E-state index contributed by atoms with van der Waals surface area (Å²) >= 11 is 0. The van der Waals surface area contributed by atoms with Crippen molar-refractivity contribution in [1.29, 1.82) is 0 Å². The van der Waals surface area contributed by atoms with Crippen molar-refractivity contribution in [2.45, 2.75) is 0 Å². The smallest absolute Gasteiger partial charge is 0.328 e. The standard InChI is InChI=1S/C20H20N4O3.C4H4O4/c1-25-23-19(21)15-7-3-13(4-8-15)17-11-12-18(27-17)14-5-9-16(10-6-14)20(22)24-26-2;5-3(6)1-2-4(7)8/h3-12H,1-2H3,(H2,21,23)(H2,22,24);1-2H,(H,5,6)(H,7,8). The van der Waals surface area contributed by atoms with Crippen molar-refractivity contribution in [2.75, 3.05) is 14.2 Å². The lowest BCUT2D eigenvalue weighted by Gasteiger charge is -2.03. The summed E-state index contributed by atoms with van der Waals surface area (Å²) in [5.74, 6) is -0.368. The lowest BCUT2D eigenvalue weighted by molar-refractivity contribution is -0.134. The zero-order chi connectivity index (χ0) is 25.8. The van der Waals surface area contributed by atoms with E-state index >= 15 is 0 Å². The van der Waals surface area contributed by atoms with Gasteiger partial charge in [0.15, 0.2) is 11.7 Å². The summed E-state index contributed by atoms with van der Waals surface area (Å²) in [6, 6.07) is 19.0. The molecule has 0 saturated carbocycles. The summed E-state index contributed by atoms with van der Waals surface area (Å²) in [6.45, 7) is 0. The molecule has 6 N–H and O–H groups in total. The molecule has 0 amide bonds. The minimum Gasteiger partial charge on any atom is -0.478 e. The van der Waals surface area contributed by atoms with Crippen molar-refractivity contribution in [3.05, 3.63) is 83.9 Å². The number of benzene rings is 2. The fraction of sp³-hybridized carbons (Fsp3) is 0.0833.